The van der Waals surface area contributed by atoms with Crippen LogP contribution in [0.5, 0.6) is 5.75 Å². The van der Waals surface area contributed by atoms with Crippen LogP contribution in [0, 0.1) is 0 Å². The van der Waals surface area contributed by atoms with Crippen LogP contribution in [0.3, 0.4) is 0 Å². The van der Waals surface area contributed by atoms with Crippen LogP contribution in [0.15, 0.2) is 24.3 Å². The van der Waals surface area contributed by atoms with Gasteiger partial charge in [0.05, 0.1) is 11.4 Å². The number of H-pyrrole nitrogens is 1. The van der Waals surface area contributed by atoms with E-state index in [0.29, 0.717) is 0 Å². The van der Waals surface area contributed by atoms with Gasteiger partial charge in [-0.25, -0.2) is 0 Å². The van der Waals surface area contributed by atoms with E-state index in [2.05, 4.69) is 15.5 Å². The van der Waals surface area contributed by atoms with Gasteiger partial charge in [0.25, 0.3) is 0 Å². The molecule has 3 rings (SSSR count). The molecule has 0 fully saturated rings. The maximum Gasteiger partial charge on any atom is 0.116 e. The lowest BCUT2D eigenvalue weighted by molar-refractivity contribution is 0.475. The number of aromatic amines is 1. The Kier molecular flexibility index (Phi) is 2.15. The molecular weight excluding hydrogens is 202 g/mol. The molecule has 82 valence electrons. The van der Waals surface area contributed by atoms with Gasteiger partial charge in [0.15, 0.2) is 0 Å². The molecule has 1 aliphatic rings. The first-order chi connectivity index (χ1) is 7.84. The summed E-state index contributed by atoms with van der Waals surface area (Å²) >= 11 is 0. The molecule has 0 amide bonds. The molecule has 0 atom stereocenters. The Morgan fingerprint density at radius 1 is 1.31 bits per heavy atom. The zero-order valence-corrected chi connectivity index (χ0v) is 8.83. The van der Waals surface area contributed by atoms with E-state index in [0.717, 1.165) is 36.5 Å². The van der Waals surface area contributed by atoms with Crippen molar-refractivity contribution in [3.05, 3.63) is 35.5 Å². The molecule has 0 bridgehead atoms. The van der Waals surface area contributed by atoms with Gasteiger partial charge >= 0.3 is 0 Å². The molecule has 1 aliphatic heterocycles. The molecule has 0 saturated heterocycles. The van der Waals surface area contributed by atoms with Crippen molar-refractivity contribution >= 4 is 0 Å². The van der Waals surface area contributed by atoms with Crippen LogP contribution in [0.25, 0.3) is 11.3 Å². The number of hydrogen-bond donors (Lipinski definition) is 3. The molecule has 3 N–H and O–H groups in total. The summed E-state index contributed by atoms with van der Waals surface area (Å²) < 4.78 is 0. The molecule has 0 saturated carbocycles. The van der Waals surface area contributed by atoms with Gasteiger partial charge in [-0.15, -0.1) is 0 Å². The van der Waals surface area contributed by atoms with E-state index in [1.54, 1.807) is 12.1 Å². The molecule has 2 heterocycles. The van der Waals surface area contributed by atoms with Crippen molar-refractivity contribution in [1.82, 2.24) is 15.5 Å². The van der Waals surface area contributed by atoms with Gasteiger partial charge in [-0.2, -0.15) is 5.10 Å². The molecule has 2 aromatic rings. The number of hydrogen-bond acceptors (Lipinski definition) is 3. The van der Waals surface area contributed by atoms with Crippen LogP contribution in [0.4, 0.5) is 0 Å². The molecule has 0 spiro atoms. The van der Waals surface area contributed by atoms with Crippen molar-refractivity contribution in [2.75, 3.05) is 6.54 Å². The van der Waals surface area contributed by atoms with Gasteiger partial charge in [-0.1, -0.05) is 12.1 Å². The zero-order chi connectivity index (χ0) is 11.0. The Labute approximate surface area is 93.3 Å². The minimum Gasteiger partial charge on any atom is -0.508 e. The van der Waals surface area contributed by atoms with E-state index in [1.165, 1.54) is 5.56 Å². The maximum absolute atomic E-state index is 9.47. The molecular formula is C12H13N3O. The van der Waals surface area contributed by atoms with Crippen LogP contribution >= 0.6 is 0 Å². The predicted octanol–water partition coefficient (Wildman–Crippen LogP) is 1.43. The smallest absolute Gasteiger partial charge is 0.116 e. The monoisotopic (exact) mass is 215 g/mol. The zero-order valence-electron chi connectivity index (χ0n) is 8.83. The minimum absolute atomic E-state index is 0.281. The van der Waals surface area contributed by atoms with E-state index in [-0.39, 0.29) is 5.75 Å². The highest BCUT2D eigenvalue weighted by Crippen LogP contribution is 2.27. The Hall–Kier alpha value is -1.81. The van der Waals surface area contributed by atoms with Crippen molar-refractivity contribution < 1.29 is 5.11 Å². The second-order valence-electron chi connectivity index (χ2n) is 4.01. The summed E-state index contributed by atoms with van der Waals surface area (Å²) in [5, 5.41) is 20.1. The van der Waals surface area contributed by atoms with Crippen molar-refractivity contribution in [3.63, 3.8) is 0 Å². The van der Waals surface area contributed by atoms with Crippen LogP contribution < -0.4 is 5.32 Å². The summed E-state index contributed by atoms with van der Waals surface area (Å²) in [7, 11) is 0. The van der Waals surface area contributed by atoms with Gasteiger partial charge in [0, 0.05) is 17.7 Å². The first-order valence-electron chi connectivity index (χ1n) is 5.41. The quantitative estimate of drug-likeness (QED) is 0.674. The van der Waals surface area contributed by atoms with Crippen molar-refractivity contribution in [1.29, 1.82) is 0 Å². The van der Waals surface area contributed by atoms with Crippen LogP contribution in [-0.2, 0) is 13.0 Å². The summed E-state index contributed by atoms with van der Waals surface area (Å²) in [4.78, 5) is 0. The fourth-order valence-electron chi connectivity index (χ4n) is 2.14. The topological polar surface area (TPSA) is 60.9 Å². The molecule has 1 aromatic heterocycles. The number of nitrogens with zero attached hydrogens (tertiary/aromatic N) is 1. The van der Waals surface area contributed by atoms with Crippen LogP contribution in [0.1, 0.15) is 11.3 Å². The van der Waals surface area contributed by atoms with Crippen LogP contribution in [-0.4, -0.2) is 21.8 Å². The van der Waals surface area contributed by atoms with Gasteiger partial charge in [0.2, 0.25) is 0 Å². The highest BCUT2D eigenvalue weighted by molar-refractivity contribution is 5.65. The largest absolute Gasteiger partial charge is 0.508 e. The van der Waals surface area contributed by atoms with Crippen LogP contribution in [0.2, 0.25) is 0 Å². The Morgan fingerprint density at radius 3 is 3.12 bits per heavy atom. The normalized spacial score (nSPS) is 14.8. The summed E-state index contributed by atoms with van der Waals surface area (Å²) in [6, 6.07) is 7.23. The van der Waals surface area contributed by atoms with E-state index < -0.39 is 0 Å². The Balaban J connectivity index is 2.09. The molecule has 4 nitrogen and oxygen atoms in total. The maximum atomic E-state index is 9.47. The highest BCUT2D eigenvalue weighted by atomic mass is 16.3. The summed E-state index contributed by atoms with van der Waals surface area (Å²) in [5.41, 5.74) is 4.36. The van der Waals surface area contributed by atoms with E-state index in [9.17, 15) is 5.11 Å². The SMILES string of the molecule is Oc1cccc(-c2n[nH]c3c2CCNC3)c1. The van der Waals surface area contributed by atoms with Gasteiger partial charge < -0.3 is 10.4 Å². The first-order valence-corrected chi connectivity index (χ1v) is 5.41. The van der Waals surface area contributed by atoms with E-state index >= 15 is 0 Å². The van der Waals surface area contributed by atoms with E-state index in [4.69, 9.17) is 0 Å². The van der Waals surface area contributed by atoms with Gasteiger partial charge in [-0.3, -0.25) is 5.10 Å². The van der Waals surface area contributed by atoms with Crippen molar-refractivity contribution in [2.45, 2.75) is 13.0 Å². The van der Waals surface area contributed by atoms with E-state index in [1.807, 2.05) is 12.1 Å². The number of aromatic hydroxyl groups is 1. The molecule has 1 aromatic carbocycles. The van der Waals surface area contributed by atoms with Crippen molar-refractivity contribution in [3.8, 4) is 17.0 Å². The fraction of sp³-hybridized carbons (Fsp3) is 0.250. The lowest BCUT2D eigenvalue weighted by Crippen LogP contribution is -2.23. The average molecular weight is 215 g/mol. The number of benzene rings is 1. The Bertz CT molecular complexity index is 519. The summed E-state index contributed by atoms with van der Waals surface area (Å²) in [6.45, 7) is 1.83. The standard InChI is InChI=1S/C12H13N3O/c16-9-3-1-2-8(6-9)12-10-4-5-13-7-11(10)14-15-12/h1-3,6,13,16H,4-5,7H2,(H,14,15). The minimum atomic E-state index is 0.281. The Morgan fingerprint density at radius 2 is 2.25 bits per heavy atom. The predicted molar refractivity (Wildman–Crippen MR) is 61.1 cm³/mol. The lowest BCUT2D eigenvalue weighted by Gasteiger charge is -2.12. The molecule has 0 radical (unpaired) electrons. The summed E-state index contributed by atoms with van der Waals surface area (Å²) in [5.74, 6) is 0.281. The lowest BCUT2D eigenvalue weighted by atomic mass is 10.0. The number of nitrogens with one attached hydrogen (secondary N) is 2. The van der Waals surface area contributed by atoms with Crippen molar-refractivity contribution in [2.24, 2.45) is 0 Å². The highest BCUT2D eigenvalue weighted by Gasteiger charge is 2.17. The number of fused-ring (bicyclic) bond motifs is 1. The first kappa shape index (κ1) is 9.42. The molecule has 0 unspecified atom stereocenters. The second-order valence-corrected chi connectivity index (χ2v) is 4.01. The second kappa shape index (κ2) is 3.64. The third-order valence-corrected chi connectivity index (χ3v) is 2.93. The molecule has 0 aliphatic carbocycles. The molecule has 16 heavy (non-hydrogen) atoms. The average Bonchev–Trinajstić information content (AvgIpc) is 2.72. The number of rotatable bonds is 1. The third kappa shape index (κ3) is 1.47. The summed E-state index contributed by atoms with van der Waals surface area (Å²) in [6.07, 6.45) is 0.983. The molecule has 4 heteroatoms. The number of phenolic OH excluding ortho intramolecular Hbond substituents is 1. The fourth-order valence-corrected chi connectivity index (χ4v) is 2.14. The number of aromatic nitrogens is 2. The van der Waals surface area contributed by atoms with Gasteiger partial charge in [-0.05, 0) is 25.1 Å². The number of phenols is 1. The van der Waals surface area contributed by atoms with Gasteiger partial charge in [0.1, 0.15) is 5.75 Å². The third-order valence-electron chi connectivity index (χ3n) is 2.93.